The third-order valence-electron chi connectivity index (χ3n) is 1.97. The van der Waals surface area contributed by atoms with Crippen LogP contribution < -0.4 is 4.74 Å². The van der Waals surface area contributed by atoms with Gasteiger partial charge >= 0.3 is 0 Å². The second kappa shape index (κ2) is 4.37. The van der Waals surface area contributed by atoms with Crippen molar-refractivity contribution in [3.8, 4) is 11.5 Å². The van der Waals surface area contributed by atoms with E-state index in [0.29, 0.717) is 5.02 Å². The van der Waals surface area contributed by atoms with E-state index in [4.69, 9.17) is 16.3 Å². The first kappa shape index (κ1) is 10.1. The van der Waals surface area contributed by atoms with Crippen molar-refractivity contribution in [3.63, 3.8) is 0 Å². The second-order valence-corrected chi connectivity index (χ2v) is 3.64. The van der Waals surface area contributed by atoms with E-state index in [1.807, 2.05) is 36.4 Å². The van der Waals surface area contributed by atoms with E-state index in [9.17, 15) is 0 Å². The molecule has 1 radical (unpaired) electrons. The molecule has 75 valence electrons. The molecule has 2 rings (SSSR count). The van der Waals surface area contributed by atoms with E-state index in [1.54, 1.807) is 12.1 Å². The van der Waals surface area contributed by atoms with Gasteiger partial charge in [0, 0.05) is 5.02 Å². The van der Waals surface area contributed by atoms with Crippen molar-refractivity contribution >= 4 is 11.6 Å². The Bertz CT molecular complexity index is 388. The minimum Gasteiger partial charge on any atom is -0.457 e. The fraction of sp³-hybridized carbons (Fsp3) is 0. The van der Waals surface area contributed by atoms with E-state index in [-0.39, 0.29) is 0 Å². The Morgan fingerprint density at radius 1 is 0.800 bits per heavy atom. The van der Waals surface area contributed by atoms with Crippen LogP contribution in [-0.4, -0.2) is 0 Å². The molecule has 0 aliphatic rings. The molecule has 0 unspecified atom stereocenters. The van der Waals surface area contributed by atoms with Gasteiger partial charge in [-0.25, -0.2) is 0 Å². The van der Waals surface area contributed by atoms with Gasteiger partial charge in [-0.1, -0.05) is 23.7 Å². The molecule has 0 saturated heterocycles. The third-order valence-corrected chi connectivity index (χ3v) is 2.22. The predicted octanol–water partition coefficient (Wildman–Crippen LogP) is 4.31. The summed E-state index contributed by atoms with van der Waals surface area (Å²) in [6.07, 6.45) is 0. The summed E-state index contributed by atoms with van der Waals surface area (Å²) < 4.78 is 5.60. The van der Waals surface area contributed by atoms with Gasteiger partial charge in [0.1, 0.15) is 11.5 Å². The topological polar surface area (TPSA) is 9.23 Å². The number of hydrogen-bond acceptors (Lipinski definition) is 1. The van der Waals surface area contributed by atoms with E-state index < -0.39 is 0 Å². The first-order chi connectivity index (χ1) is 7.24. The molecule has 2 aromatic carbocycles. The van der Waals surface area contributed by atoms with Gasteiger partial charge in [0.05, 0.1) is 0 Å². The Labute approximate surface area is 94.3 Å². The van der Waals surface area contributed by atoms with Gasteiger partial charge in [-0.15, -0.1) is 0 Å². The lowest BCUT2D eigenvalue weighted by molar-refractivity contribution is 0.482. The molecule has 0 atom stereocenters. The summed E-state index contributed by atoms with van der Waals surface area (Å²) >= 11 is 5.77. The summed E-state index contributed by atoms with van der Waals surface area (Å²) in [6, 6.07) is 14.9. The Hall–Kier alpha value is -1.47. The molecule has 0 bridgehead atoms. The second-order valence-electron chi connectivity index (χ2n) is 3.20. The average molecular weight is 218 g/mol. The first-order valence-electron chi connectivity index (χ1n) is 4.59. The number of rotatable bonds is 2. The molecule has 15 heavy (non-hydrogen) atoms. The van der Waals surface area contributed by atoms with Gasteiger partial charge in [0.2, 0.25) is 0 Å². The Morgan fingerprint density at radius 3 is 1.80 bits per heavy atom. The number of benzene rings is 2. The van der Waals surface area contributed by atoms with Crippen molar-refractivity contribution in [3.05, 3.63) is 66.0 Å². The molecule has 0 N–H and O–H groups in total. The van der Waals surface area contributed by atoms with E-state index in [1.165, 1.54) is 0 Å². The van der Waals surface area contributed by atoms with Crippen LogP contribution in [0, 0.1) is 6.92 Å². The molecule has 0 fully saturated rings. The van der Waals surface area contributed by atoms with Crippen molar-refractivity contribution in [2.24, 2.45) is 0 Å². The number of halogens is 1. The average Bonchev–Trinajstić information content (AvgIpc) is 2.25. The Balaban J connectivity index is 2.15. The van der Waals surface area contributed by atoms with Crippen LogP contribution in [0.3, 0.4) is 0 Å². The summed E-state index contributed by atoms with van der Waals surface area (Å²) in [5.74, 6) is 1.57. The highest BCUT2D eigenvalue weighted by Crippen LogP contribution is 2.22. The molecule has 0 saturated carbocycles. The largest absolute Gasteiger partial charge is 0.457 e. The van der Waals surface area contributed by atoms with Gasteiger partial charge in [0.15, 0.2) is 0 Å². The molecule has 0 aliphatic carbocycles. The zero-order valence-corrected chi connectivity index (χ0v) is 8.87. The Morgan fingerprint density at radius 2 is 1.27 bits per heavy atom. The van der Waals surface area contributed by atoms with Crippen LogP contribution >= 0.6 is 11.6 Å². The van der Waals surface area contributed by atoms with Gasteiger partial charge in [0.25, 0.3) is 0 Å². The van der Waals surface area contributed by atoms with Crippen molar-refractivity contribution in [1.29, 1.82) is 0 Å². The number of hydrogen-bond donors (Lipinski definition) is 0. The molecule has 2 heteroatoms. The van der Waals surface area contributed by atoms with E-state index in [0.717, 1.165) is 17.1 Å². The molecular formula is C13H10ClO. The minimum atomic E-state index is 0.704. The molecule has 1 nitrogen and oxygen atoms in total. The molecular weight excluding hydrogens is 208 g/mol. The minimum absolute atomic E-state index is 0.704. The summed E-state index contributed by atoms with van der Waals surface area (Å²) in [5, 5.41) is 0.704. The van der Waals surface area contributed by atoms with Crippen LogP contribution in [0.2, 0.25) is 5.02 Å². The van der Waals surface area contributed by atoms with Crippen molar-refractivity contribution < 1.29 is 4.74 Å². The monoisotopic (exact) mass is 217 g/mol. The smallest absolute Gasteiger partial charge is 0.127 e. The maximum Gasteiger partial charge on any atom is 0.127 e. The van der Waals surface area contributed by atoms with Crippen LogP contribution in [0.4, 0.5) is 0 Å². The predicted molar refractivity (Wildman–Crippen MR) is 62.4 cm³/mol. The van der Waals surface area contributed by atoms with E-state index >= 15 is 0 Å². The first-order valence-corrected chi connectivity index (χ1v) is 4.97. The molecule has 0 heterocycles. The fourth-order valence-corrected chi connectivity index (χ4v) is 1.32. The molecule has 2 aromatic rings. The summed E-state index contributed by atoms with van der Waals surface area (Å²) in [5.41, 5.74) is 0.971. The molecule has 0 spiro atoms. The maximum atomic E-state index is 5.77. The van der Waals surface area contributed by atoms with Gasteiger partial charge in [-0.3, -0.25) is 0 Å². The lowest BCUT2D eigenvalue weighted by Gasteiger charge is -2.05. The Kier molecular flexibility index (Phi) is 2.93. The maximum absolute atomic E-state index is 5.77. The van der Waals surface area contributed by atoms with Gasteiger partial charge < -0.3 is 4.74 Å². The third kappa shape index (κ3) is 2.74. The van der Waals surface area contributed by atoms with Crippen molar-refractivity contribution in [1.82, 2.24) is 0 Å². The SMILES string of the molecule is [CH2]c1ccc(Oc2ccc(Cl)cc2)cc1. The fourth-order valence-electron chi connectivity index (χ4n) is 1.20. The summed E-state index contributed by atoms with van der Waals surface area (Å²) in [6.45, 7) is 3.81. The van der Waals surface area contributed by atoms with Gasteiger partial charge in [-0.2, -0.15) is 0 Å². The lowest BCUT2D eigenvalue weighted by atomic mass is 10.2. The van der Waals surface area contributed by atoms with E-state index in [2.05, 4.69) is 6.92 Å². The molecule has 0 aromatic heterocycles. The van der Waals surface area contributed by atoms with Crippen molar-refractivity contribution in [2.75, 3.05) is 0 Å². The standard InChI is InChI=1S/C13H10ClO/c1-10-2-6-12(7-3-10)15-13-8-4-11(14)5-9-13/h2-9H,1H2. The summed E-state index contributed by atoms with van der Waals surface area (Å²) in [7, 11) is 0. The highest BCUT2D eigenvalue weighted by atomic mass is 35.5. The van der Waals surface area contributed by atoms with Crippen LogP contribution in [0.15, 0.2) is 48.5 Å². The molecule has 0 amide bonds. The van der Waals surface area contributed by atoms with Crippen LogP contribution in [-0.2, 0) is 0 Å². The zero-order chi connectivity index (χ0) is 10.7. The lowest BCUT2D eigenvalue weighted by Crippen LogP contribution is -1.83. The van der Waals surface area contributed by atoms with Crippen LogP contribution in [0.5, 0.6) is 11.5 Å². The summed E-state index contributed by atoms with van der Waals surface area (Å²) in [4.78, 5) is 0. The molecule has 0 aliphatic heterocycles. The van der Waals surface area contributed by atoms with Crippen LogP contribution in [0.1, 0.15) is 5.56 Å². The van der Waals surface area contributed by atoms with Gasteiger partial charge in [-0.05, 0) is 48.9 Å². The normalized spacial score (nSPS) is 10.0. The zero-order valence-electron chi connectivity index (χ0n) is 8.11. The highest BCUT2D eigenvalue weighted by Gasteiger charge is 1.96. The van der Waals surface area contributed by atoms with Crippen molar-refractivity contribution in [2.45, 2.75) is 0 Å². The van der Waals surface area contributed by atoms with Crippen LogP contribution in [0.25, 0.3) is 0 Å². The number of ether oxygens (including phenoxy) is 1. The quantitative estimate of drug-likeness (QED) is 0.728. The highest BCUT2D eigenvalue weighted by molar-refractivity contribution is 6.30.